The van der Waals surface area contributed by atoms with Crippen molar-refractivity contribution in [2.75, 3.05) is 0 Å². The number of allylic oxidation sites excluding steroid dienone is 6. The van der Waals surface area contributed by atoms with Gasteiger partial charge in [0.05, 0.1) is 0 Å². The van der Waals surface area contributed by atoms with E-state index in [0.29, 0.717) is 5.92 Å². The Kier molecular flexibility index (Phi) is 3.02. The summed E-state index contributed by atoms with van der Waals surface area (Å²) in [6.45, 7) is 0. The van der Waals surface area contributed by atoms with Crippen LogP contribution in [0.3, 0.4) is 0 Å². The lowest BCUT2D eigenvalue weighted by Crippen LogP contribution is -2.14. The van der Waals surface area contributed by atoms with Gasteiger partial charge in [-0.3, -0.25) is 0 Å². The van der Waals surface area contributed by atoms with Crippen LogP contribution in [-0.2, 0) is 0 Å². The molecule has 2 rings (SSSR count). The summed E-state index contributed by atoms with van der Waals surface area (Å²) in [5.74, 6) is 1.62. The van der Waals surface area contributed by atoms with Crippen LogP contribution in [0.15, 0.2) is 36.5 Å². The minimum absolute atomic E-state index is 0.704. The summed E-state index contributed by atoms with van der Waals surface area (Å²) in [6.07, 6.45) is 20.5. The molecule has 0 heteroatoms. The highest BCUT2D eigenvalue weighted by Gasteiger charge is 2.19. The average molecular weight is 174 g/mol. The minimum atomic E-state index is 0.704. The Morgan fingerprint density at radius 1 is 0.692 bits per heavy atom. The van der Waals surface area contributed by atoms with Crippen molar-refractivity contribution < 1.29 is 0 Å². The van der Waals surface area contributed by atoms with Crippen LogP contribution >= 0.6 is 0 Å². The van der Waals surface area contributed by atoms with Gasteiger partial charge < -0.3 is 0 Å². The Balaban J connectivity index is 1.98. The molecule has 0 heterocycles. The highest BCUT2D eigenvalue weighted by atomic mass is 14.2. The Morgan fingerprint density at radius 3 is 1.92 bits per heavy atom. The van der Waals surface area contributed by atoms with E-state index in [-0.39, 0.29) is 0 Å². The smallest absolute Gasteiger partial charge is 0.00190 e. The minimum Gasteiger partial charge on any atom is -0.0773 e. The summed E-state index contributed by atoms with van der Waals surface area (Å²) < 4.78 is 0. The molecule has 1 fully saturated rings. The van der Waals surface area contributed by atoms with Crippen LogP contribution in [0.25, 0.3) is 0 Å². The molecular weight excluding hydrogens is 156 g/mol. The zero-order valence-corrected chi connectivity index (χ0v) is 8.15. The molecule has 0 saturated heterocycles. The van der Waals surface area contributed by atoms with E-state index in [0.717, 1.165) is 5.92 Å². The van der Waals surface area contributed by atoms with Crippen LogP contribution in [0, 0.1) is 11.8 Å². The second kappa shape index (κ2) is 4.45. The topological polar surface area (TPSA) is 0 Å². The maximum atomic E-state index is 2.36. The van der Waals surface area contributed by atoms with Crippen molar-refractivity contribution in [3.63, 3.8) is 0 Å². The summed E-state index contributed by atoms with van der Waals surface area (Å²) in [5.41, 5.74) is 0. The van der Waals surface area contributed by atoms with Gasteiger partial charge in [-0.05, 0) is 24.7 Å². The van der Waals surface area contributed by atoms with Gasteiger partial charge in [0, 0.05) is 0 Å². The van der Waals surface area contributed by atoms with Gasteiger partial charge in [0.15, 0.2) is 0 Å². The zero-order chi connectivity index (χ0) is 8.93. The van der Waals surface area contributed by atoms with Crippen molar-refractivity contribution >= 4 is 0 Å². The SMILES string of the molecule is C1=CC=CC(C2CCCCC2)C=C1. The first-order valence-electron chi connectivity index (χ1n) is 5.48. The van der Waals surface area contributed by atoms with Crippen molar-refractivity contribution in [3.8, 4) is 0 Å². The number of hydrogen-bond donors (Lipinski definition) is 0. The first-order valence-corrected chi connectivity index (χ1v) is 5.48. The second-order valence-corrected chi connectivity index (χ2v) is 4.13. The van der Waals surface area contributed by atoms with E-state index in [2.05, 4.69) is 36.5 Å². The van der Waals surface area contributed by atoms with Gasteiger partial charge in [0.25, 0.3) is 0 Å². The Hall–Kier alpha value is -0.780. The van der Waals surface area contributed by atoms with Gasteiger partial charge in [-0.1, -0.05) is 55.7 Å². The lowest BCUT2D eigenvalue weighted by Gasteiger charge is -2.25. The quantitative estimate of drug-likeness (QED) is 0.566. The van der Waals surface area contributed by atoms with E-state index in [1.807, 2.05) is 0 Å². The lowest BCUT2D eigenvalue weighted by atomic mass is 9.80. The fourth-order valence-electron chi connectivity index (χ4n) is 2.41. The monoisotopic (exact) mass is 174 g/mol. The largest absolute Gasteiger partial charge is 0.0773 e. The molecule has 0 amide bonds. The standard InChI is InChI=1S/C13H18/c1-2-5-9-12(8-4-1)13-10-6-3-7-11-13/h1-2,4-5,8-9,12-13H,3,6-7,10-11H2. The van der Waals surface area contributed by atoms with Gasteiger partial charge >= 0.3 is 0 Å². The molecule has 13 heavy (non-hydrogen) atoms. The highest BCUT2D eigenvalue weighted by molar-refractivity contribution is 5.20. The summed E-state index contributed by atoms with van der Waals surface area (Å²) in [4.78, 5) is 0. The molecule has 0 aromatic heterocycles. The molecular formula is C13H18. The predicted molar refractivity (Wildman–Crippen MR) is 57.5 cm³/mol. The van der Waals surface area contributed by atoms with Crippen LogP contribution in [0.5, 0.6) is 0 Å². The van der Waals surface area contributed by atoms with Crippen molar-refractivity contribution in [2.45, 2.75) is 32.1 Å². The first kappa shape index (κ1) is 8.80. The van der Waals surface area contributed by atoms with Gasteiger partial charge in [0.2, 0.25) is 0 Å². The average Bonchev–Trinajstić information content (AvgIpc) is 2.47. The Bertz CT molecular complexity index is 210. The molecule has 0 radical (unpaired) electrons. The van der Waals surface area contributed by atoms with Crippen molar-refractivity contribution in [1.82, 2.24) is 0 Å². The third-order valence-electron chi connectivity index (χ3n) is 3.19. The fraction of sp³-hybridized carbons (Fsp3) is 0.538. The molecule has 0 aliphatic heterocycles. The van der Waals surface area contributed by atoms with E-state index in [4.69, 9.17) is 0 Å². The van der Waals surface area contributed by atoms with Gasteiger partial charge in [0.1, 0.15) is 0 Å². The van der Waals surface area contributed by atoms with Gasteiger partial charge in [-0.2, -0.15) is 0 Å². The molecule has 1 saturated carbocycles. The van der Waals surface area contributed by atoms with E-state index in [1.54, 1.807) is 0 Å². The van der Waals surface area contributed by atoms with E-state index in [9.17, 15) is 0 Å². The molecule has 70 valence electrons. The molecule has 0 N–H and O–H groups in total. The van der Waals surface area contributed by atoms with E-state index >= 15 is 0 Å². The van der Waals surface area contributed by atoms with Gasteiger partial charge in [-0.25, -0.2) is 0 Å². The molecule has 0 spiro atoms. The third-order valence-corrected chi connectivity index (χ3v) is 3.19. The second-order valence-electron chi connectivity index (χ2n) is 4.13. The predicted octanol–water partition coefficient (Wildman–Crippen LogP) is 3.87. The molecule has 0 aromatic rings. The Morgan fingerprint density at radius 2 is 1.31 bits per heavy atom. The van der Waals surface area contributed by atoms with Crippen molar-refractivity contribution in [2.24, 2.45) is 11.8 Å². The van der Waals surface area contributed by atoms with Crippen LogP contribution in [0.1, 0.15) is 32.1 Å². The van der Waals surface area contributed by atoms with Crippen LogP contribution < -0.4 is 0 Å². The zero-order valence-electron chi connectivity index (χ0n) is 8.15. The molecule has 2 aliphatic rings. The molecule has 2 aliphatic carbocycles. The van der Waals surface area contributed by atoms with Crippen LogP contribution in [0.2, 0.25) is 0 Å². The summed E-state index contributed by atoms with van der Waals surface area (Å²) in [6, 6.07) is 0. The molecule has 0 bridgehead atoms. The number of hydrogen-bond acceptors (Lipinski definition) is 0. The summed E-state index contributed by atoms with van der Waals surface area (Å²) in [5, 5.41) is 0. The first-order chi connectivity index (χ1) is 6.47. The molecule has 0 nitrogen and oxygen atoms in total. The maximum Gasteiger partial charge on any atom is -0.00190 e. The lowest BCUT2D eigenvalue weighted by molar-refractivity contribution is 0.318. The van der Waals surface area contributed by atoms with Crippen molar-refractivity contribution in [1.29, 1.82) is 0 Å². The highest BCUT2D eigenvalue weighted by Crippen LogP contribution is 2.31. The molecule has 0 aromatic carbocycles. The normalized spacial score (nSPS) is 24.9. The van der Waals surface area contributed by atoms with E-state index < -0.39 is 0 Å². The molecule has 0 atom stereocenters. The van der Waals surface area contributed by atoms with E-state index in [1.165, 1.54) is 32.1 Å². The summed E-state index contributed by atoms with van der Waals surface area (Å²) in [7, 11) is 0. The van der Waals surface area contributed by atoms with Gasteiger partial charge in [-0.15, -0.1) is 0 Å². The fourth-order valence-corrected chi connectivity index (χ4v) is 2.41. The van der Waals surface area contributed by atoms with Crippen LogP contribution in [-0.4, -0.2) is 0 Å². The van der Waals surface area contributed by atoms with Crippen molar-refractivity contribution in [3.05, 3.63) is 36.5 Å². The summed E-state index contributed by atoms with van der Waals surface area (Å²) >= 11 is 0. The van der Waals surface area contributed by atoms with Crippen LogP contribution in [0.4, 0.5) is 0 Å². The third kappa shape index (κ3) is 2.33. The maximum absolute atomic E-state index is 2.36. The Labute approximate surface area is 81.0 Å². The molecule has 0 unspecified atom stereocenters. The number of rotatable bonds is 1.